The quantitative estimate of drug-likeness (QED) is 0.0997. The summed E-state index contributed by atoms with van der Waals surface area (Å²) in [6.07, 6.45) is 1.06. The van der Waals surface area contributed by atoms with Gasteiger partial charge in [-0.25, -0.2) is 4.79 Å². The molecule has 0 radical (unpaired) electrons. The molecule has 0 bridgehead atoms. The summed E-state index contributed by atoms with van der Waals surface area (Å²) in [6, 6.07) is 0. The topological polar surface area (TPSA) is 167 Å². The van der Waals surface area contributed by atoms with E-state index in [1.54, 1.807) is 0 Å². The molecule has 5 aliphatic carbocycles. The van der Waals surface area contributed by atoms with Crippen molar-refractivity contribution in [2.75, 3.05) is 13.7 Å². The summed E-state index contributed by atoms with van der Waals surface area (Å²) in [4.78, 5) is 78.2. The van der Waals surface area contributed by atoms with E-state index < -0.39 is 87.3 Å². The van der Waals surface area contributed by atoms with Crippen molar-refractivity contribution < 1.29 is 61.9 Å². The number of rotatable bonds is 8. The first kappa shape index (κ1) is 48.0. The van der Waals surface area contributed by atoms with Gasteiger partial charge in [-0.05, 0) is 110 Å². The lowest BCUT2D eigenvalue weighted by molar-refractivity contribution is -0.332. The average molecular weight is 918 g/mol. The summed E-state index contributed by atoms with van der Waals surface area (Å²) in [5.74, 6) is -3.85. The van der Waals surface area contributed by atoms with Gasteiger partial charge >= 0.3 is 29.8 Å². The molecule has 0 aromatic heterocycles. The molecule has 1 aliphatic heterocycles. The minimum absolute atomic E-state index is 0.0170. The Kier molecular flexibility index (Phi) is 13.0. The maximum absolute atomic E-state index is 15.0. The molecule has 16 heteroatoms. The maximum atomic E-state index is 15.0. The Morgan fingerprint density at radius 2 is 1.41 bits per heavy atom. The lowest BCUT2D eigenvalue weighted by atomic mass is 9.33. The number of ether oxygens (including phenoxy) is 7. The predicted molar refractivity (Wildman–Crippen MR) is 223 cm³/mol. The van der Waals surface area contributed by atoms with Crippen LogP contribution in [0.15, 0.2) is 11.6 Å². The predicted octanol–water partition coefficient (Wildman–Crippen LogP) is 7.96. The number of hydrogen-bond acceptors (Lipinski definition) is 13. The lowest BCUT2D eigenvalue weighted by Gasteiger charge is -2.70. The van der Waals surface area contributed by atoms with Crippen LogP contribution in [0.5, 0.6) is 0 Å². The summed E-state index contributed by atoms with van der Waals surface area (Å²) in [6.45, 7) is 18.5. The van der Waals surface area contributed by atoms with Crippen molar-refractivity contribution in [3.63, 3.8) is 0 Å². The summed E-state index contributed by atoms with van der Waals surface area (Å²) < 4.78 is 38.1. The van der Waals surface area contributed by atoms with E-state index in [1.165, 1.54) is 19.6 Å². The van der Waals surface area contributed by atoms with Gasteiger partial charge in [-0.3, -0.25) is 24.0 Å². The fourth-order valence-electron chi connectivity index (χ4n) is 13.3. The van der Waals surface area contributed by atoms with Crippen LogP contribution in [-0.2, 0) is 61.9 Å². The van der Waals surface area contributed by atoms with Crippen LogP contribution in [0, 0.1) is 50.2 Å². The fourth-order valence-corrected chi connectivity index (χ4v) is 13.4. The van der Waals surface area contributed by atoms with Crippen molar-refractivity contribution in [2.24, 2.45) is 50.2 Å². The van der Waals surface area contributed by atoms with Crippen LogP contribution in [0.3, 0.4) is 0 Å². The molecule has 6 rings (SSSR count). The van der Waals surface area contributed by atoms with E-state index >= 15 is 4.79 Å². The highest BCUT2D eigenvalue weighted by Gasteiger charge is 2.71. The number of halogens is 3. The van der Waals surface area contributed by atoms with Gasteiger partial charge in [0.25, 0.3) is 3.79 Å². The number of carbonyl (C=O) groups is 6. The first-order valence-corrected chi connectivity index (χ1v) is 22.6. The largest absolute Gasteiger partial charge is 0.469 e. The number of carbonyl (C=O) groups excluding carboxylic acids is 6. The zero-order valence-electron chi connectivity index (χ0n) is 37.3. The lowest BCUT2D eigenvalue weighted by Crippen LogP contribution is -2.68. The minimum Gasteiger partial charge on any atom is -0.469 e. The number of fused-ring (bicyclic) bond motifs is 7. The smallest absolute Gasteiger partial charge is 0.359 e. The van der Waals surface area contributed by atoms with E-state index in [2.05, 4.69) is 41.5 Å². The third-order valence-corrected chi connectivity index (χ3v) is 17.1. The van der Waals surface area contributed by atoms with Crippen molar-refractivity contribution in [3.8, 4) is 0 Å². The molecule has 342 valence electrons. The molecule has 5 fully saturated rings. The molecule has 0 aromatic rings. The van der Waals surface area contributed by atoms with E-state index in [4.69, 9.17) is 68.0 Å². The van der Waals surface area contributed by atoms with Gasteiger partial charge in [0.05, 0.1) is 18.6 Å². The molecule has 1 heterocycles. The zero-order chi connectivity index (χ0) is 45.5. The van der Waals surface area contributed by atoms with Crippen molar-refractivity contribution in [3.05, 3.63) is 11.6 Å². The molecule has 14 atom stereocenters. The summed E-state index contributed by atoms with van der Waals surface area (Å²) in [5.41, 5.74) is -1.13. The van der Waals surface area contributed by atoms with Gasteiger partial charge in [-0.1, -0.05) is 81.9 Å². The average Bonchev–Trinajstić information content (AvgIpc) is 3.14. The van der Waals surface area contributed by atoms with Crippen LogP contribution < -0.4 is 0 Å². The first-order chi connectivity index (χ1) is 28.1. The molecule has 1 saturated heterocycles. The number of esters is 5. The Bertz CT molecular complexity index is 1840. The molecule has 4 saturated carbocycles. The monoisotopic (exact) mass is 916 g/mol. The number of allylic oxidation sites excluding steroid dienone is 2. The zero-order valence-corrected chi connectivity index (χ0v) is 39.6. The first-order valence-electron chi connectivity index (χ1n) is 21.5. The number of ketones is 1. The molecule has 0 N–H and O–H groups in total. The molecule has 0 unspecified atom stereocenters. The van der Waals surface area contributed by atoms with Gasteiger partial charge in [0.2, 0.25) is 0 Å². The Labute approximate surface area is 374 Å². The molecule has 0 amide bonds. The number of hydrogen-bond donors (Lipinski definition) is 0. The Morgan fingerprint density at radius 3 is 2.00 bits per heavy atom. The van der Waals surface area contributed by atoms with Gasteiger partial charge in [-0.2, -0.15) is 0 Å². The van der Waals surface area contributed by atoms with Crippen molar-refractivity contribution in [1.82, 2.24) is 0 Å². The molecule has 61 heavy (non-hydrogen) atoms. The van der Waals surface area contributed by atoms with Crippen molar-refractivity contribution >= 4 is 70.4 Å². The Morgan fingerprint density at radius 1 is 0.787 bits per heavy atom. The standard InChI is InChI=1S/C45H63Cl3O13/c1-23(49)56-22-29-32(57-24(2)50)33(58-25(3)51)34(61-38(54)45(46,47)48)36(59-29)60-31-13-14-42(8)30(39(31,4)5)12-15-44(10)35(42)28(52)20-26-27-21-41(7,37(53)55-11)17-16-40(27,6)18-19-43(26,44)9/h20,27,29-36H,12-19,21-22H2,1-11H3/t27-,29-,30+,31+,32-,33+,34-,35-,36+,40-,41+,42+,43-,44-/m1/s1. The SMILES string of the molecule is COC(=O)[C@@]1(C)CC[C@]2(C)CC[C@]3(C)C(=CC(=O)[C@@H]4[C@@]5(C)CC[C@H](O[C@@H]6O[C@H](COC(C)=O)[C@@H](OC(C)=O)[C@H](OC(C)=O)[C@H]6OC(=O)C(Cl)(Cl)Cl)C(C)(C)[C@@H]5CC[C@]43C)[C@H]2C1. The molecule has 0 aromatic carbocycles. The van der Waals surface area contributed by atoms with E-state index in [-0.39, 0.29) is 45.8 Å². The Balaban J connectivity index is 1.34. The van der Waals surface area contributed by atoms with Gasteiger partial charge in [-0.15, -0.1) is 0 Å². The van der Waals surface area contributed by atoms with Gasteiger partial charge < -0.3 is 33.2 Å². The van der Waals surface area contributed by atoms with E-state index in [0.29, 0.717) is 19.3 Å². The second-order valence-corrected chi connectivity index (χ2v) is 22.9. The highest BCUT2D eigenvalue weighted by molar-refractivity contribution is 6.75. The van der Waals surface area contributed by atoms with Gasteiger partial charge in [0, 0.05) is 26.7 Å². The van der Waals surface area contributed by atoms with Crippen LogP contribution in [0.1, 0.15) is 127 Å². The number of methoxy groups -OCH3 is 1. The highest BCUT2D eigenvalue weighted by atomic mass is 35.6. The van der Waals surface area contributed by atoms with Crippen LogP contribution in [0.2, 0.25) is 0 Å². The second-order valence-electron chi connectivity index (χ2n) is 20.6. The third kappa shape index (κ3) is 8.27. The summed E-state index contributed by atoms with van der Waals surface area (Å²) in [5, 5.41) is 0. The maximum Gasteiger partial charge on any atom is 0.359 e. The molecule has 0 spiro atoms. The highest BCUT2D eigenvalue weighted by Crippen LogP contribution is 2.75. The van der Waals surface area contributed by atoms with Crippen LogP contribution >= 0.6 is 34.8 Å². The normalized spacial score (nSPS) is 42.8. The van der Waals surface area contributed by atoms with Crippen LogP contribution in [0.25, 0.3) is 0 Å². The minimum atomic E-state index is -2.55. The summed E-state index contributed by atoms with van der Waals surface area (Å²) in [7, 11) is 1.45. The van der Waals surface area contributed by atoms with Crippen LogP contribution in [0.4, 0.5) is 0 Å². The number of alkyl halides is 3. The molecular formula is C45H63Cl3O13. The molecular weight excluding hydrogens is 855 g/mol. The van der Waals surface area contributed by atoms with Crippen molar-refractivity contribution in [2.45, 2.75) is 168 Å². The van der Waals surface area contributed by atoms with E-state index in [9.17, 15) is 24.0 Å². The van der Waals surface area contributed by atoms with Gasteiger partial charge in [0.1, 0.15) is 12.7 Å². The van der Waals surface area contributed by atoms with Gasteiger partial charge in [0.15, 0.2) is 30.4 Å². The third-order valence-electron chi connectivity index (χ3n) is 16.6. The second kappa shape index (κ2) is 16.5. The van der Waals surface area contributed by atoms with Crippen molar-refractivity contribution in [1.29, 1.82) is 0 Å². The fraction of sp³-hybridized carbons (Fsp3) is 0.822. The summed E-state index contributed by atoms with van der Waals surface area (Å²) >= 11 is 17.8. The van der Waals surface area contributed by atoms with Crippen LogP contribution in [-0.4, -0.2) is 89.9 Å². The van der Waals surface area contributed by atoms with E-state index in [1.807, 2.05) is 13.0 Å². The van der Waals surface area contributed by atoms with E-state index in [0.717, 1.165) is 52.4 Å². The molecule has 13 nitrogen and oxygen atoms in total. The Hall–Kier alpha value is -2.45. The molecule has 6 aliphatic rings.